The van der Waals surface area contributed by atoms with Crippen LogP contribution in [0.2, 0.25) is 0 Å². The lowest BCUT2D eigenvalue weighted by Gasteiger charge is -2.27. The highest BCUT2D eigenvalue weighted by molar-refractivity contribution is 5.97. The minimum absolute atomic E-state index is 0.0595. The third-order valence-corrected chi connectivity index (χ3v) is 3.42. The standard InChI is InChI=1S/C14H19FN2O3/c1-16(2)7-10-6-11(18)8-17(10)14(20)12-4-3-9(15)5-13(12)19/h3-5,10-11,18-19H,6-8H2,1-2H3. The second-order valence-corrected chi connectivity index (χ2v) is 5.42. The number of benzene rings is 1. The Morgan fingerprint density at radius 2 is 2.20 bits per heavy atom. The van der Waals surface area contributed by atoms with Gasteiger partial charge in [-0.15, -0.1) is 0 Å². The average Bonchev–Trinajstić information content (AvgIpc) is 2.68. The predicted octanol–water partition coefficient (Wildman–Crippen LogP) is 0.668. The molecule has 0 aliphatic carbocycles. The highest BCUT2D eigenvalue weighted by Crippen LogP contribution is 2.25. The molecule has 1 aliphatic heterocycles. The number of carbonyl (C=O) groups is 1. The van der Waals surface area contributed by atoms with E-state index < -0.39 is 11.9 Å². The van der Waals surface area contributed by atoms with Crippen LogP contribution in [0.15, 0.2) is 18.2 Å². The van der Waals surface area contributed by atoms with Crippen LogP contribution in [0.3, 0.4) is 0 Å². The number of β-amino-alcohol motifs (C(OH)–C–C–N with tert-alkyl or cyclic N) is 1. The number of aromatic hydroxyl groups is 1. The molecule has 5 nitrogen and oxygen atoms in total. The molecule has 1 aromatic carbocycles. The van der Waals surface area contributed by atoms with Crippen molar-refractivity contribution in [1.82, 2.24) is 9.80 Å². The fraction of sp³-hybridized carbons (Fsp3) is 0.500. The zero-order valence-electron chi connectivity index (χ0n) is 11.6. The first-order valence-electron chi connectivity index (χ1n) is 6.50. The number of nitrogens with zero attached hydrogens (tertiary/aromatic N) is 2. The van der Waals surface area contributed by atoms with Gasteiger partial charge in [0.25, 0.3) is 5.91 Å². The first-order chi connectivity index (χ1) is 9.38. The van der Waals surface area contributed by atoms with Crippen LogP contribution in [0, 0.1) is 5.82 Å². The molecular weight excluding hydrogens is 263 g/mol. The van der Waals surface area contributed by atoms with Gasteiger partial charge < -0.3 is 20.0 Å². The maximum atomic E-state index is 13.0. The van der Waals surface area contributed by atoms with E-state index in [1.807, 2.05) is 19.0 Å². The summed E-state index contributed by atoms with van der Waals surface area (Å²) in [6, 6.07) is 3.21. The van der Waals surface area contributed by atoms with E-state index in [1.165, 1.54) is 11.0 Å². The number of likely N-dealkylation sites (N-methyl/N-ethyl adjacent to an activating group) is 1. The number of amides is 1. The number of aliphatic hydroxyl groups is 1. The Morgan fingerprint density at radius 1 is 1.50 bits per heavy atom. The van der Waals surface area contributed by atoms with Crippen LogP contribution in [0.25, 0.3) is 0 Å². The van der Waals surface area contributed by atoms with Gasteiger partial charge in [-0.25, -0.2) is 4.39 Å². The minimum atomic E-state index is -0.592. The largest absolute Gasteiger partial charge is 0.507 e. The van der Waals surface area contributed by atoms with E-state index in [4.69, 9.17) is 0 Å². The highest BCUT2D eigenvalue weighted by atomic mass is 19.1. The van der Waals surface area contributed by atoms with Crippen LogP contribution < -0.4 is 0 Å². The van der Waals surface area contributed by atoms with Crippen molar-refractivity contribution in [2.45, 2.75) is 18.6 Å². The van der Waals surface area contributed by atoms with Crippen molar-refractivity contribution in [3.05, 3.63) is 29.6 Å². The lowest BCUT2D eigenvalue weighted by Crippen LogP contribution is -2.41. The number of hydrogen-bond donors (Lipinski definition) is 2. The number of carbonyl (C=O) groups excluding carboxylic acids is 1. The molecule has 1 amide bonds. The van der Waals surface area contributed by atoms with E-state index in [9.17, 15) is 19.4 Å². The van der Waals surface area contributed by atoms with Crippen molar-refractivity contribution in [1.29, 1.82) is 0 Å². The molecule has 1 heterocycles. The highest BCUT2D eigenvalue weighted by Gasteiger charge is 2.35. The smallest absolute Gasteiger partial charge is 0.257 e. The molecule has 0 spiro atoms. The maximum absolute atomic E-state index is 13.0. The molecule has 2 atom stereocenters. The van der Waals surface area contributed by atoms with Crippen LogP contribution in [-0.2, 0) is 0 Å². The van der Waals surface area contributed by atoms with Gasteiger partial charge in [0.1, 0.15) is 11.6 Å². The van der Waals surface area contributed by atoms with E-state index in [0.29, 0.717) is 13.0 Å². The van der Waals surface area contributed by atoms with Crippen molar-refractivity contribution < 1.29 is 19.4 Å². The fourth-order valence-electron chi connectivity index (χ4n) is 2.58. The summed E-state index contributed by atoms with van der Waals surface area (Å²) in [7, 11) is 3.78. The van der Waals surface area contributed by atoms with E-state index >= 15 is 0 Å². The summed E-state index contributed by atoms with van der Waals surface area (Å²) in [4.78, 5) is 15.9. The quantitative estimate of drug-likeness (QED) is 0.855. The van der Waals surface area contributed by atoms with Crippen molar-refractivity contribution in [2.75, 3.05) is 27.2 Å². The normalized spacial score (nSPS) is 22.6. The summed E-state index contributed by atoms with van der Waals surface area (Å²) in [5.41, 5.74) is 0.0595. The lowest BCUT2D eigenvalue weighted by atomic mass is 10.1. The topological polar surface area (TPSA) is 64.0 Å². The van der Waals surface area contributed by atoms with Gasteiger partial charge in [-0.05, 0) is 32.6 Å². The molecule has 2 unspecified atom stereocenters. The zero-order chi connectivity index (χ0) is 14.9. The average molecular weight is 282 g/mol. The number of phenols is 1. The lowest BCUT2D eigenvalue weighted by molar-refractivity contribution is 0.0696. The third-order valence-electron chi connectivity index (χ3n) is 3.42. The number of likely N-dealkylation sites (tertiary alicyclic amines) is 1. The Hall–Kier alpha value is -1.66. The molecule has 1 aromatic rings. The zero-order valence-corrected chi connectivity index (χ0v) is 11.6. The van der Waals surface area contributed by atoms with Crippen molar-refractivity contribution in [3.63, 3.8) is 0 Å². The van der Waals surface area contributed by atoms with Crippen molar-refractivity contribution in [2.24, 2.45) is 0 Å². The predicted molar refractivity (Wildman–Crippen MR) is 72.1 cm³/mol. The van der Waals surface area contributed by atoms with E-state index in [1.54, 1.807) is 0 Å². The number of halogens is 1. The van der Waals surface area contributed by atoms with Gasteiger partial charge in [-0.2, -0.15) is 0 Å². The van der Waals surface area contributed by atoms with Gasteiger partial charge in [0.15, 0.2) is 0 Å². The SMILES string of the molecule is CN(C)CC1CC(O)CN1C(=O)c1ccc(F)cc1O. The van der Waals surface area contributed by atoms with Gasteiger partial charge in [-0.3, -0.25) is 4.79 Å². The maximum Gasteiger partial charge on any atom is 0.257 e. The van der Waals surface area contributed by atoms with Crippen molar-refractivity contribution in [3.8, 4) is 5.75 Å². The molecule has 0 aromatic heterocycles. The molecule has 110 valence electrons. The number of rotatable bonds is 3. The summed E-state index contributed by atoms with van der Waals surface area (Å²) in [6.45, 7) is 0.860. The van der Waals surface area contributed by atoms with Crippen LogP contribution >= 0.6 is 0 Å². The van der Waals surface area contributed by atoms with Gasteiger partial charge in [-0.1, -0.05) is 0 Å². The molecule has 0 radical (unpaired) electrons. The summed E-state index contributed by atoms with van der Waals surface area (Å²) < 4.78 is 13.0. The Bertz CT molecular complexity index is 507. The summed E-state index contributed by atoms with van der Waals surface area (Å²) >= 11 is 0. The molecular formula is C14H19FN2O3. The third kappa shape index (κ3) is 3.08. The molecule has 6 heteroatoms. The van der Waals surface area contributed by atoms with Gasteiger partial charge in [0.05, 0.1) is 11.7 Å². The van der Waals surface area contributed by atoms with Gasteiger partial charge in [0, 0.05) is 25.2 Å². The van der Waals surface area contributed by atoms with Gasteiger partial charge in [0.2, 0.25) is 0 Å². The number of phenolic OH excluding ortho intramolecular Hbond substituents is 1. The summed E-state index contributed by atoms with van der Waals surface area (Å²) in [5, 5.41) is 19.5. The molecule has 0 bridgehead atoms. The van der Waals surface area contributed by atoms with E-state index in [0.717, 1.165) is 12.1 Å². The molecule has 1 aliphatic rings. The Balaban J connectivity index is 2.22. The van der Waals surface area contributed by atoms with Crippen LogP contribution in [-0.4, -0.2) is 65.3 Å². The van der Waals surface area contributed by atoms with Crippen LogP contribution in [0.4, 0.5) is 4.39 Å². The first-order valence-corrected chi connectivity index (χ1v) is 6.50. The molecule has 1 saturated heterocycles. The number of aliphatic hydroxyl groups excluding tert-OH is 1. The molecule has 1 fully saturated rings. The Morgan fingerprint density at radius 3 is 2.80 bits per heavy atom. The Kier molecular flexibility index (Phi) is 4.25. The van der Waals surface area contributed by atoms with E-state index in [2.05, 4.69) is 0 Å². The van der Waals surface area contributed by atoms with Crippen LogP contribution in [0.1, 0.15) is 16.8 Å². The molecule has 0 saturated carbocycles. The number of hydrogen-bond acceptors (Lipinski definition) is 4. The van der Waals surface area contributed by atoms with Gasteiger partial charge >= 0.3 is 0 Å². The second kappa shape index (κ2) is 5.76. The summed E-state index contributed by atoms with van der Waals surface area (Å²) in [6.07, 6.45) is -0.0576. The summed E-state index contributed by atoms with van der Waals surface area (Å²) in [5.74, 6) is -1.35. The molecule has 2 N–H and O–H groups in total. The van der Waals surface area contributed by atoms with Crippen LogP contribution in [0.5, 0.6) is 5.75 Å². The Labute approximate surface area is 117 Å². The minimum Gasteiger partial charge on any atom is -0.507 e. The molecule has 2 rings (SSSR count). The van der Waals surface area contributed by atoms with Crippen molar-refractivity contribution >= 4 is 5.91 Å². The van der Waals surface area contributed by atoms with E-state index in [-0.39, 0.29) is 29.8 Å². The second-order valence-electron chi connectivity index (χ2n) is 5.42. The first kappa shape index (κ1) is 14.7. The monoisotopic (exact) mass is 282 g/mol. The molecule has 20 heavy (non-hydrogen) atoms. The fourth-order valence-corrected chi connectivity index (χ4v) is 2.58.